The number of rotatable bonds is 2. The van der Waals surface area contributed by atoms with E-state index < -0.39 is 0 Å². The predicted molar refractivity (Wildman–Crippen MR) is 67.5 cm³/mol. The zero-order chi connectivity index (χ0) is 11.2. The molecule has 2 nitrogen and oxygen atoms in total. The first-order chi connectivity index (χ1) is 7.65. The number of fused-ring (bicyclic) bond motifs is 2. The van der Waals surface area contributed by atoms with Crippen LogP contribution >= 0.6 is 0 Å². The molecule has 2 aliphatic heterocycles. The number of nitrogens with zero attached hydrogens (tertiary/aromatic N) is 1. The van der Waals surface area contributed by atoms with Crippen LogP contribution in [0.5, 0.6) is 0 Å². The van der Waals surface area contributed by atoms with Crippen molar-refractivity contribution in [2.45, 2.75) is 58.0 Å². The standard InChI is InChI=1S/C14H26N2/c1-14(2)6-3-7-15-13(14)10-16-9-11-4-5-12(16)8-11/h11-13,15H,3-10H2,1-2H3. The first kappa shape index (κ1) is 11.0. The average molecular weight is 222 g/mol. The molecule has 0 spiro atoms. The second-order valence-electron chi connectivity index (χ2n) is 6.89. The van der Waals surface area contributed by atoms with E-state index in [9.17, 15) is 0 Å². The van der Waals surface area contributed by atoms with Crippen molar-refractivity contribution in [3.63, 3.8) is 0 Å². The van der Waals surface area contributed by atoms with E-state index in [0.29, 0.717) is 5.41 Å². The highest BCUT2D eigenvalue weighted by molar-refractivity contribution is 4.97. The largest absolute Gasteiger partial charge is 0.312 e. The fourth-order valence-corrected chi connectivity index (χ4v) is 4.07. The molecular formula is C14H26N2. The van der Waals surface area contributed by atoms with Crippen LogP contribution in [0.15, 0.2) is 0 Å². The lowest BCUT2D eigenvalue weighted by molar-refractivity contribution is 0.109. The molecule has 3 rings (SSSR count). The summed E-state index contributed by atoms with van der Waals surface area (Å²) in [5.41, 5.74) is 0.500. The molecule has 2 bridgehead atoms. The average Bonchev–Trinajstić information content (AvgIpc) is 2.82. The highest BCUT2D eigenvalue weighted by Gasteiger charge is 2.41. The van der Waals surface area contributed by atoms with Crippen molar-refractivity contribution in [1.29, 1.82) is 0 Å². The van der Waals surface area contributed by atoms with Gasteiger partial charge in [0.05, 0.1) is 0 Å². The second kappa shape index (κ2) is 3.99. The van der Waals surface area contributed by atoms with E-state index in [0.717, 1.165) is 18.0 Å². The van der Waals surface area contributed by atoms with Gasteiger partial charge in [-0.3, -0.25) is 4.90 Å². The smallest absolute Gasteiger partial charge is 0.0246 e. The van der Waals surface area contributed by atoms with Crippen LogP contribution in [-0.4, -0.2) is 36.6 Å². The van der Waals surface area contributed by atoms with Crippen molar-refractivity contribution in [3.8, 4) is 0 Å². The summed E-state index contributed by atoms with van der Waals surface area (Å²) >= 11 is 0. The fraction of sp³-hybridized carbons (Fsp3) is 1.00. The van der Waals surface area contributed by atoms with Crippen LogP contribution in [0.1, 0.15) is 46.0 Å². The summed E-state index contributed by atoms with van der Waals surface area (Å²) in [6.07, 6.45) is 7.22. The summed E-state index contributed by atoms with van der Waals surface area (Å²) in [4.78, 5) is 2.78. The Morgan fingerprint density at radius 2 is 2.19 bits per heavy atom. The lowest BCUT2D eigenvalue weighted by Crippen LogP contribution is -2.54. The highest BCUT2D eigenvalue weighted by atomic mass is 15.2. The summed E-state index contributed by atoms with van der Waals surface area (Å²) < 4.78 is 0. The fourth-order valence-electron chi connectivity index (χ4n) is 4.07. The van der Waals surface area contributed by atoms with E-state index in [1.807, 2.05) is 0 Å². The lowest BCUT2D eigenvalue weighted by atomic mass is 9.77. The number of hydrogen-bond acceptors (Lipinski definition) is 2. The third-order valence-corrected chi connectivity index (χ3v) is 5.27. The Hall–Kier alpha value is -0.0800. The molecule has 0 amide bonds. The maximum absolute atomic E-state index is 3.75. The third kappa shape index (κ3) is 1.91. The van der Waals surface area contributed by atoms with Crippen molar-refractivity contribution >= 4 is 0 Å². The van der Waals surface area contributed by atoms with Crippen LogP contribution in [0, 0.1) is 11.3 Å². The van der Waals surface area contributed by atoms with Gasteiger partial charge in [-0.25, -0.2) is 0 Å². The molecule has 3 atom stereocenters. The van der Waals surface area contributed by atoms with Gasteiger partial charge in [0.1, 0.15) is 0 Å². The Labute approximate surface area is 99.8 Å². The molecule has 2 heteroatoms. The second-order valence-corrected chi connectivity index (χ2v) is 6.89. The van der Waals surface area contributed by atoms with Gasteiger partial charge >= 0.3 is 0 Å². The van der Waals surface area contributed by atoms with Gasteiger partial charge in [-0.05, 0) is 50.0 Å². The Balaban J connectivity index is 1.61. The van der Waals surface area contributed by atoms with Crippen LogP contribution in [0.4, 0.5) is 0 Å². The van der Waals surface area contributed by atoms with Crippen LogP contribution in [0.3, 0.4) is 0 Å². The molecule has 3 aliphatic rings. The normalized spacial score (nSPS) is 42.8. The van der Waals surface area contributed by atoms with E-state index in [2.05, 4.69) is 24.1 Å². The van der Waals surface area contributed by atoms with Crippen molar-refractivity contribution in [3.05, 3.63) is 0 Å². The molecule has 3 fully saturated rings. The Morgan fingerprint density at radius 3 is 2.81 bits per heavy atom. The summed E-state index contributed by atoms with van der Waals surface area (Å²) in [5.74, 6) is 1.04. The number of piperidine rings is 2. The minimum absolute atomic E-state index is 0.500. The van der Waals surface area contributed by atoms with Crippen LogP contribution < -0.4 is 5.32 Å². The molecule has 2 saturated heterocycles. The molecule has 92 valence electrons. The number of nitrogens with one attached hydrogen (secondary N) is 1. The minimum Gasteiger partial charge on any atom is -0.312 e. The van der Waals surface area contributed by atoms with Crippen molar-refractivity contribution in [2.75, 3.05) is 19.6 Å². The molecule has 0 aromatic carbocycles. The first-order valence-electron chi connectivity index (χ1n) is 7.12. The minimum atomic E-state index is 0.500. The molecule has 2 heterocycles. The van der Waals surface area contributed by atoms with E-state index >= 15 is 0 Å². The topological polar surface area (TPSA) is 15.3 Å². The highest BCUT2D eigenvalue weighted by Crippen LogP contribution is 2.39. The molecule has 1 saturated carbocycles. The Kier molecular flexibility index (Phi) is 2.75. The summed E-state index contributed by atoms with van der Waals surface area (Å²) in [6, 6.07) is 1.66. The van der Waals surface area contributed by atoms with E-state index in [1.165, 1.54) is 51.7 Å². The van der Waals surface area contributed by atoms with Gasteiger partial charge in [0.2, 0.25) is 0 Å². The maximum Gasteiger partial charge on any atom is 0.0246 e. The Morgan fingerprint density at radius 1 is 1.31 bits per heavy atom. The van der Waals surface area contributed by atoms with Gasteiger partial charge in [0.25, 0.3) is 0 Å². The molecule has 3 unspecified atom stereocenters. The van der Waals surface area contributed by atoms with Crippen LogP contribution in [-0.2, 0) is 0 Å². The first-order valence-corrected chi connectivity index (χ1v) is 7.12. The summed E-state index contributed by atoms with van der Waals surface area (Å²) in [5, 5.41) is 3.75. The molecule has 0 aromatic heterocycles. The van der Waals surface area contributed by atoms with Gasteiger partial charge in [-0.1, -0.05) is 13.8 Å². The zero-order valence-electron chi connectivity index (χ0n) is 10.8. The van der Waals surface area contributed by atoms with E-state index in [-0.39, 0.29) is 0 Å². The predicted octanol–water partition coefficient (Wildman–Crippen LogP) is 2.25. The van der Waals surface area contributed by atoms with Gasteiger partial charge in [-0.15, -0.1) is 0 Å². The molecule has 1 N–H and O–H groups in total. The summed E-state index contributed by atoms with van der Waals surface area (Å²) in [6.45, 7) is 8.80. The van der Waals surface area contributed by atoms with E-state index in [4.69, 9.17) is 0 Å². The molecular weight excluding hydrogens is 196 g/mol. The summed E-state index contributed by atoms with van der Waals surface area (Å²) in [7, 11) is 0. The zero-order valence-corrected chi connectivity index (χ0v) is 10.8. The third-order valence-electron chi connectivity index (χ3n) is 5.27. The van der Waals surface area contributed by atoms with Gasteiger partial charge in [-0.2, -0.15) is 0 Å². The van der Waals surface area contributed by atoms with Gasteiger partial charge in [0.15, 0.2) is 0 Å². The number of likely N-dealkylation sites (tertiary alicyclic amines) is 1. The molecule has 0 aromatic rings. The molecule has 0 radical (unpaired) electrons. The maximum atomic E-state index is 3.75. The monoisotopic (exact) mass is 222 g/mol. The molecule has 1 aliphatic carbocycles. The van der Waals surface area contributed by atoms with Crippen molar-refractivity contribution < 1.29 is 0 Å². The SMILES string of the molecule is CC1(C)CCCNC1CN1CC2CCC1C2. The van der Waals surface area contributed by atoms with Crippen molar-refractivity contribution in [1.82, 2.24) is 10.2 Å². The van der Waals surface area contributed by atoms with Gasteiger partial charge < -0.3 is 5.32 Å². The molecule has 16 heavy (non-hydrogen) atoms. The Bertz CT molecular complexity index is 261. The van der Waals surface area contributed by atoms with Gasteiger partial charge in [0, 0.05) is 25.2 Å². The van der Waals surface area contributed by atoms with E-state index in [1.54, 1.807) is 0 Å². The van der Waals surface area contributed by atoms with Crippen LogP contribution in [0.25, 0.3) is 0 Å². The van der Waals surface area contributed by atoms with Crippen LogP contribution in [0.2, 0.25) is 0 Å². The van der Waals surface area contributed by atoms with Crippen molar-refractivity contribution in [2.24, 2.45) is 11.3 Å². The number of hydrogen-bond donors (Lipinski definition) is 1. The quantitative estimate of drug-likeness (QED) is 0.771. The lowest BCUT2D eigenvalue weighted by Gasteiger charge is -2.43.